The molecule has 0 heterocycles. The van der Waals surface area contributed by atoms with Gasteiger partial charge in [0.2, 0.25) is 6.29 Å². The highest BCUT2D eigenvalue weighted by molar-refractivity contribution is 6.33. The van der Waals surface area contributed by atoms with E-state index in [-0.39, 0.29) is 6.29 Å². The molecule has 0 atom stereocenters. The molecule has 1 rings (SSSR count). The monoisotopic (exact) mass is 227 g/mol. The Kier molecular flexibility index (Phi) is 4.12. The van der Waals surface area contributed by atoms with Gasteiger partial charge in [-0.25, -0.2) is 0 Å². The molecule has 0 aromatic heterocycles. The number of carbonyl (C=O) groups is 2. The van der Waals surface area contributed by atoms with Crippen LogP contribution >= 0.6 is 11.6 Å². The Morgan fingerprint density at radius 2 is 2.33 bits per heavy atom. The van der Waals surface area contributed by atoms with Crippen molar-refractivity contribution in [2.45, 2.75) is 6.92 Å². The molecule has 0 aliphatic rings. The first-order chi connectivity index (χ1) is 7.17. The Labute approximate surface area is 92.2 Å². The molecule has 5 heteroatoms. The summed E-state index contributed by atoms with van der Waals surface area (Å²) >= 11 is 5.87. The maximum atomic E-state index is 10.7. The van der Waals surface area contributed by atoms with E-state index in [1.807, 2.05) is 6.92 Å². The average Bonchev–Trinajstić information content (AvgIpc) is 2.22. The summed E-state index contributed by atoms with van der Waals surface area (Å²) < 4.78 is 5.21. The number of benzene rings is 1. The van der Waals surface area contributed by atoms with E-state index in [1.165, 1.54) is 6.07 Å². The molecule has 0 saturated heterocycles. The van der Waals surface area contributed by atoms with Crippen molar-refractivity contribution in [2.75, 3.05) is 11.9 Å². The van der Waals surface area contributed by atoms with Gasteiger partial charge in [0.1, 0.15) is 5.75 Å². The number of hydrogen-bond donors (Lipinski definition) is 1. The number of carbonyl (C=O) groups excluding carboxylic acids is 2. The van der Waals surface area contributed by atoms with Gasteiger partial charge in [0.25, 0.3) is 5.91 Å². The molecule has 1 N–H and O–H groups in total. The van der Waals surface area contributed by atoms with Crippen LogP contribution in [-0.4, -0.2) is 18.8 Å². The fourth-order valence-corrected chi connectivity index (χ4v) is 1.26. The smallest absolute Gasteiger partial charge is 0.288 e. The van der Waals surface area contributed by atoms with Gasteiger partial charge in [0, 0.05) is 5.69 Å². The number of aldehydes is 1. The van der Waals surface area contributed by atoms with Crippen molar-refractivity contribution in [2.24, 2.45) is 0 Å². The van der Waals surface area contributed by atoms with Crippen LogP contribution in [0.5, 0.6) is 5.75 Å². The summed E-state index contributed by atoms with van der Waals surface area (Å²) in [6.07, 6.45) is 0.199. The SMILES string of the molecule is CCOc1ccc(NC(=O)C=O)cc1Cl. The highest BCUT2D eigenvalue weighted by Gasteiger charge is 2.04. The van der Waals surface area contributed by atoms with Crippen LogP contribution in [0.2, 0.25) is 5.02 Å². The third-order valence-corrected chi connectivity index (χ3v) is 1.90. The van der Waals surface area contributed by atoms with Crippen LogP contribution < -0.4 is 10.1 Å². The Bertz CT molecular complexity index is 379. The van der Waals surface area contributed by atoms with Crippen molar-refractivity contribution in [1.29, 1.82) is 0 Å². The van der Waals surface area contributed by atoms with Crippen LogP contribution in [0, 0.1) is 0 Å². The van der Waals surface area contributed by atoms with Crippen LogP contribution in [0.15, 0.2) is 18.2 Å². The second kappa shape index (κ2) is 5.36. The lowest BCUT2D eigenvalue weighted by Gasteiger charge is -2.07. The first-order valence-electron chi connectivity index (χ1n) is 4.36. The van der Waals surface area contributed by atoms with Crippen molar-refractivity contribution in [3.05, 3.63) is 23.2 Å². The molecule has 1 amide bonds. The summed E-state index contributed by atoms with van der Waals surface area (Å²) in [5.74, 6) is -0.168. The first-order valence-corrected chi connectivity index (χ1v) is 4.73. The minimum absolute atomic E-state index is 0.199. The molecule has 15 heavy (non-hydrogen) atoms. The van der Waals surface area contributed by atoms with Gasteiger partial charge in [-0.15, -0.1) is 0 Å². The van der Waals surface area contributed by atoms with Crippen molar-refractivity contribution in [1.82, 2.24) is 0 Å². The maximum absolute atomic E-state index is 10.7. The van der Waals surface area contributed by atoms with E-state index in [0.717, 1.165) is 0 Å². The molecule has 0 aliphatic carbocycles. The molecule has 1 aromatic rings. The van der Waals surface area contributed by atoms with Gasteiger partial charge in [-0.3, -0.25) is 9.59 Å². The normalized spacial score (nSPS) is 9.47. The topological polar surface area (TPSA) is 55.4 Å². The molecule has 80 valence electrons. The molecule has 0 spiro atoms. The standard InChI is InChI=1S/C10H10ClNO3/c1-2-15-9-4-3-7(5-8(9)11)12-10(14)6-13/h3-6H,2H2,1H3,(H,12,14). The highest BCUT2D eigenvalue weighted by Crippen LogP contribution is 2.27. The molecule has 0 fully saturated rings. The van der Waals surface area contributed by atoms with Gasteiger partial charge in [0.15, 0.2) is 0 Å². The third-order valence-electron chi connectivity index (χ3n) is 1.61. The highest BCUT2D eigenvalue weighted by atomic mass is 35.5. The van der Waals surface area contributed by atoms with Gasteiger partial charge in [-0.05, 0) is 25.1 Å². The molecule has 0 aliphatic heterocycles. The van der Waals surface area contributed by atoms with Crippen molar-refractivity contribution < 1.29 is 14.3 Å². The van der Waals surface area contributed by atoms with E-state index < -0.39 is 5.91 Å². The summed E-state index contributed by atoms with van der Waals surface area (Å²) in [7, 11) is 0. The number of halogens is 1. The van der Waals surface area contributed by atoms with E-state index in [9.17, 15) is 9.59 Å². The van der Waals surface area contributed by atoms with E-state index in [2.05, 4.69) is 5.32 Å². The number of amides is 1. The number of ether oxygens (including phenoxy) is 1. The minimum atomic E-state index is -0.713. The fourth-order valence-electron chi connectivity index (χ4n) is 1.02. The Morgan fingerprint density at radius 1 is 1.60 bits per heavy atom. The summed E-state index contributed by atoms with van der Waals surface area (Å²) in [5.41, 5.74) is 0.459. The molecule has 0 radical (unpaired) electrons. The molecular weight excluding hydrogens is 218 g/mol. The van der Waals surface area contributed by atoms with Crippen LogP contribution in [0.1, 0.15) is 6.92 Å². The van der Waals surface area contributed by atoms with Gasteiger partial charge >= 0.3 is 0 Å². The fraction of sp³-hybridized carbons (Fsp3) is 0.200. The average molecular weight is 228 g/mol. The van der Waals surface area contributed by atoms with Crippen LogP contribution in [0.4, 0.5) is 5.69 Å². The molecule has 1 aromatic carbocycles. The van der Waals surface area contributed by atoms with E-state index in [4.69, 9.17) is 16.3 Å². The summed E-state index contributed by atoms with van der Waals surface area (Å²) in [4.78, 5) is 20.8. The number of hydrogen-bond acceptors (Lipinski definition) is 3. The predicted octanol–water partition coefficient (Wildman–Crippen LogP) is 1.88. The van der Waals surface area contributed by atoms with Crippen LogP contribution in [0.25, 0.3) is 0 Å². The predicted molar refractivity (Wildman–Crippen MR) is 57.3 cm³/mol. The lowest BCUT2D eigenvalue weighted by atomic mass is 10.3. The largest absolute Gasteiger partial charge is 0.492 e. The molecule has 0 unspecified atom stereocenters. The third kappa shape index (κ3) is 3.25. The second-order valence-corrected chi connectivity index (χ2v) is 3.09. The first kappa shape index (κ1) is 11.5. The number of rotatable bonds is 4. The van der Waals surface area contributed by atoms with Crippen molar-refractivity contribution in [3.63, 3.8) is 0 Å². The number of nitrogens with one attached hydrogen (secondary N) is 1. The van der Waals surface area contributed by atoms with Crippen LogP contribution in [-0.2, 0) is 9.59 Å². The summed E-state index contributed by atoms with van der Waals surface area (Å²) in [6, 6.07) is 4.76. The molecular formula is C10H10ClNO3. The zero-order chi connectivity index (χ0) is 11.3. The lowest BCUT2D eigenvalue weighted by Crippen LogP contribution is -2.12. The number of anilines is 1. The Balaban J connectivity index is 2.81. The Morgan fingerprint density at radius 3 is 2.87 bits per heavy atom. The molecule has 0 saturated carbocycles. The van der Waals surface area contributed by atoms with Crippen molar-refractivity contribution in [3.8, 4) is 5.75 Å². The zero-order valence-corrected chi connectivity index (χ0v) is 8.88. The van der Waals surface area contributed by atoms with Crippen LogP contribution in [0.3, 0.4) is 0 Å². The van der Waals surface area contributed by atoms with Gasteiger partial charge < -0.3 is 10.1 Å². The quantitative estimate of drug-likeness (QED) is 0.631. The van der Waals surface area contributed by atoms with Gasteiger partial charge in [-0.2, -0.15) is 0 Å². The Hall–Kier alpha value is -1.55. The van der Waals surface area contributed by atoms with E-state index >= 15 is 0 Å². The molecule has 0 bridgehead atoms. The summed E-state index contributed by atoms with van der Waals surface area (Å²) in [6.45, 7) is 2.36. The summed E-state index contributed by atoms with van der Waals surface area (Å²) in [5, 5.41) is 2.74. The van der Waals surface area contributed by atoms with E-state index in [1.54, 1.807) is 12.1 Å². The second-order valence-electron chi connectivity index (χ2n) is 2.69. The lowest BCUT2D eigenvalue weighted by molar-refractivity contribution is -0.127. The van der Waals surface area contributed by atoms with E-state index in [0.29, 0.717) is 23.1 Å². The van der Waals surface area contributed by atoms with Gasteiger partial charge in [0.05, 0.1) is 11.6 Å². The van der Waals surface area contributed by atoms with Gasteiger partial charge in [-0.1, -0.05) is 11.6 Å². The minimum Gasteiger partial charge on any atom is -0.492 e. The molecule has 4 nitrogen and oxygen atoms in total. The zero-order valence-electron chi connectivity index (χ0n) is 8.12. The maximum Gasteiger partial charge on any atom is 0.288 e. The van der Waals surface area contributed by atoms with Crippen molar-refractivity contribution >= 4 is 29.5 Å².